The first-order valence-corrected chi connectivity index (χ1v) is 10.9. The maximum Gasteiger partial charge on any atom is 0.0856 e. The number of aliphatic hydroxyl groups is 1. The highest BCUT2D eigenvalue weighted by Crippen LogP contribution is 2.09. The third-order valence-corrected chi connectivity index (χ3v) is 3.98. The first-order valence-electron chi connectivity index (χ1n) is 10.9. The molecule has 1 rings (SSSR count). The molecular weight excluding hydrogens is 356 g/mol. The highest BCUT2D eigenvalue weighted by atomic mass is 16.5. The lowest BCUT2D eigenvalue weighted by molar-refractivity contribution is -0.0515. The van der Waals surface area contributed by atoms with Crippen LogP contribution in [0.2, 0.25) is 0 Å². The smallest absolute Gasteiger partial charge is 0.0856 e. The number of hydrogen-bond donors (Lipinski definition) is 1. The molecule has 0 spiro atoms. The summed E-state index contributed by atoms with van der Waals surface area (Å²) in [7, 11) is 0. The van der Waals surface area contributed by atoms with E-state index in [1.54, 1.807) is 6.08 Å². The Morgan fingerprint density at radius 3 is 2.21 bits per heavy atom. The van der Waals surface area contributed by atoms with Gasteiger partial charge >= 0.3 is 0 Å². The lowest BCUT2D eigenvalue weighted by Crippen LogP contribution is -2.29. The summed E-state index contributed by atoms with van der Waals surface area (Å²) < 4.78 is 5.51. The molecule has 0 saturated carbocycles. The van der Waals surface area contributed by atoms with Gasteiger partial charge in [0, 0.05) is 0 Å². The number of rotatable bonds is 10. The monoisotopic (exact) mass is 400 g/mol. The zero-order valence-corrected chi connectivity index (χ0v) is 19.9. The molecule has 0 aliphatic carbocycles. The first kappa shape index (κ1) is 29.3. The Morgan fingerprint density at radius 2 is 1.76 bits per heavy atom. The quantitative estimate of drug-likeness (QED) is 0.324. The van der Waals surface area contributed by atoms with Crippen molar-refractivity contribution < 1.29 is 9.84 Å². The van der Waals surface area contributed by atoms with Crippen molar-refractivity contribution in [2.45, 2.75) is 73.3 Å². The molecule has 0 unspecified atom stereocenters. The van der Waals surface area contributed by atoms with E-state index in [1.807, 2.05) is 40.7 Å². The van der Waals surface area contributed by atoms with Crippen molar-refractivity contribution in [2.75, 3.05) is 13.2 Å². The van der Waals surface area contributed by atoms with Crippen LogP contribution in [0.5, 0.6) is 0 Å². The Hall–Kier alpha value is -1.90. The molecule has 0 atom stereocenters. The van der Waals surface area contributed by atoms with Gasteiger partial charge in [-0.1, -0.05) is 95.0 Å². The highest BCUT2D eigenvalue weighted by molar-refractivity contribution is 5.49. The van der Waals surface area contributed by atoms with Crippen molar-refractivity contribution in [3.63, 3.8) is 0 Å². The van der Waals surface area contributed by atoms with Gasteiger partial charge in [-0.2, -0.15) is 0 Å². The minimum atomic E-state index is -0.432. The number of benzene rings is 1. The summed E-state index contributed by atoms with van der Waals surface area (Å²) in [6, 6.07) is 8.66. The Labute approximate surface area is 180 Å². The second-order valence-electron chi connectivity index (χ2n) is 6.88. The minimum Gasteiger partial charge on any atom is -0.393 e. The van der Waals surface area contributed by atoms with Crippen LogP contribution in [0.4, 0.5) is 0 Å². The van der Waals surface area contributed by atoms with Gasteiger partial charge in [-0.15, -0.1) is 0 Å². The molecule has 2 nitrogen and oxygen atoms in total. The molecule has 0 saturated heterocycles. The van der Waals surface area contributed by atoms with Gasteiger partial charge in [-0.05, 0) is 56.7 Å². The van der Waals surface area contributed by atoms with Crippen LogP contribution in [0.1, 0.15) is 72.4 Å². The van der Waals surface area contributed by atoms with Crippen molar-refractivity contribution in [2.24, 2.45) is 0 Å². The van der Waals surface area contributed by atoms with Crippen LogP contribution < -0.4 is 0 Å². The van der Waals surface area contributed by atoms with Crippen molar-refractivity contribution in [3.05, 3.63) is 77.9 Å². The molecule has 29 heavy (non-hydrogen) atoms. The van der Waals surface area contributed by atoms with Crippen LogP contribution in [0, 0.1) is 0 Å². The molecule has 0 heterocycles. The van der Waals surface area contributed by atoms with E-state index >= 15 is 0 Å². The summed E-state index contributed by atoms with van der Waals surface area (Å²) >= 11 is 0. The summed E-state index contributed by atoms with van der Waals surface area (Å²) in [6.07, 6.45) is 15.1. The normalized spacial score (nSPS) is 11.7. The molecule has 0 aromatic heterocycles. The van der Waals surface area contributed by atoms with Gasteiger partial charge in [0.15, 0.2) is 0 Å². The molecule has 0 aliphatic heterocycles. The molecule has 0 bridgehead atoms. The van der Waals surface area contributed by atoms with E-state index in [0.717, 1.165) is 19.3 Å². The fourth-order valence-corrected chi connectivity index (χ4v) is 2.18. The van der Waals surface area contributed by atoms with Gasteiger partial charge in [-0.25, -0.2) is 0 Å². The van der Waals surface area contributed by atoms with E-state index in [4.69, 9.17) is 9.84 Å². The summed E-state index contributed by atoms with van der Waals surface area (Å²) in [5, 5.41) is 8.98. The average molecular weight is 401 g/mol. The summed E-state index contributed by atoms with van der Waals surface area (Å²) in [5.74, 6) is 0. The predicted molar refractivity (Wildman–Crippen MR) is 131 cm³/mol. The van der Waals surface area contributed by atoms with Crippen LogP contribution in [0.3, 0.4) is 0 Å². The van der Waals surface area contributed by atoms with Crippen LogP contribution in [0.15, 0.2) is 66.8 Å². The van der Waals surface area contributed by atoms with Gasteiger partial charge in [-0.3, -0.25) is 0 Å². The SMILES string of the molecule is C/C=C\c1ccc(CC)cc1.C=C/C=C(\C=C/CCOC(C)(C)CO)CC.CC. The molecule has 2 heteroatoms. The fraction of sp³-hybridized carbons (Fsp3) is 0.481. The Balaban J connectivity index is 0. The number of ether oxygens (including phenoxy) is 1. The van der Waals surface area contributed by atoms with Gasteiger partial charge in [0.05, 0.1) is 18.8 Å². The minimum absolute atomic E-state index is 0.0489. The zero-order chi connectivity index (χ0) is 22.5. The van der Waals surface area contributed by atoms with Crippen LogP contribution in [0.25, 0.3) is 6.08 Å². The Bertz CT molecular complexity index is 589. The molecule has 1 aromatic rings. The van der Waals surface area contributed by atoms with E-state index in [9.17, 15) is 0 Å². The maximum atomic E-state index is 8.98. The third kappa shape index (κ3) is 16.7. The summed E-state index contributed by atoms with van der Waals surface area (Å²) in [6.45, 7) is 18.4. The number of aryl methyl sites for hydroxylation is 1. The van der Waals surface area contributed by atoms with Gasteiger partial charge in [0.1, 0.15) is 0 Å². The molecule has 1 aromatic carbocycles. The zero-order valence-electron chi connectivity index (χ0n) is 19.9. The van der Waals surface area contributed by atoms with E-state index in [0.29, 0.717) is 6.61 Å². The van der Waals surface area contributed by atoms with Gasteiger partial charge in [0.25, 0.3) is 0 Å². The lowest BCUT2D eigenvalue weighted by atomic mass is 10.1. The number of allylic oxidation sites excluding steroid dienone is 5. The Morgan fingerprint density at radius 1 is 1.14 bits per heavy atom. The van der Waals surface area contributed by atoms with Gasteiger partial charge < -0.3 is 9.84 Å². The number of aliphatic hydroxyl groups excluding tert-OH is 1. The van der Waals surface area contributed by atoms with Crippen molar-refractivity contribution in [1.29, 1.82) is 0 Å². The molecule has 0 fully saturated rings. The average Bonchev–Trinajstić information content (AvgIpc) is 2.75. The maximum absolute atomic E-state index is 8.98. The predicted octanol–water partition coefficient (Wildman–Crippen LogP) is 7.55. The molecule has 1 N–H and O–H groups in total. The van der Waals surface area contributed by atoms with Crippen molar-refractivity contribution in [3.8, 4) is 0 Å². The van der Waals surface area contributed by atoms with E-state index in [-0.39, 0.29) is 6.61 Å². The lowest BCUT2D eigenvalue weighted by Gasteiger charge is -2.21. The van der Waals surface area contributed by atoms with Crippen LogP contribution >= 0.6 is 0 Å². The largest absolute Gasteiger partial charge is 0.393 e. The summed E-state index contributed by atoms with van der Waals surface area (Å²) in [4.78, 5) is 0. The molecule has 0 amide bonds. The molecule has 164 valence electrons. The van der Waals surface area contributed by atoms with Crippen molar-refractivity contribution in [1.82, 2.24) is 0 Å². The van der Waals surface area contributed by atoms with E-state index in [2.05, 4.69) is 69.0 Å². The van der Waals surface area contributed by atoms with Crippen molar-refractivity contribution >= 4 is 6.08 Å². The van der Waals surface area contributed by atoms with E-state index < -0.39 is 5.60 Å². The standard InChI is InChI=1S/C14H24O2.C11H14.C2H6/c1-5-9-13(6-2)10-7-8-11-16-14(3,4)12-15;1-3-5-11-8-6-10(4-2)7-9-11;1-2/h5,7,9-10,15H,1,6,8,11-12H2,2-4H3;3,5-9H,4H2,1-2H3;1-2H3/b10-7-,13-9-;5-3-;. The van der Waals surface area contributed by atoms with Crippen LogP contribution in [-0.2, 0) is 11.2 Å². The fourth-order valence-electron chi connectivity index (χ4n) is 2.18. The second-order valence-corrected chi connectivity index (χ2v) is 6.88. The second kappa shape index (κ2) is 19.4. The number of hydrogen-bond acceptors (Lipinski definition) is 2. The molecule has 0 aliphatic rings. The molecule has 0 radical (unpaired) electrons. The topological polar surface area (TPSA) is 29.5 Å². The van der Waals surface area contributed by atoms with E-state index in [1.165, 1.54) is 16.7 Å². The van der Waals surface area contributed by atoms with Crippen LogP contribution in [-0.4, -0.2) is 23.9 Å². The molecular formula is C27H44O2. The third-order valence-electron chi connectivity index (χ3n) is 3.98. The van der Waals surface area contributed by atoms with Gasteiger partial charge in [0.2, 0.25) is 0 Å². The summed E-state index contributed by atoms with van der Waals surface area (Å²) in [5.41, 5.74) is 3.51. The Kier molecular flexibility index (Phi) is 19.6. The first-order chi connectivity index (χ1) is 13.9. The highest BCUT2D eigenvalue weighted by Gasteiger charge is 2.15.